The van der Waals surface area contributed by atoms with Crippen molar-refractivity contribution >= 4 is 35.0 Å². The van der Waals surface area contributed by atoms with Gasteiger partial charge < -0.3 is 20.3 Å². The monoisotopic (exact) mass is 509 g/mol. The molecule has 0 radical (unpaired) electrons. The van der Waals surface area contributed by atoms with E-state index in [-0.39, 0.29) is 53.7 Å². The minimum Gasteiger partial charge on any atom is -0.472 e. The fourth-order valence-corrected chi connectivity index (χ4v) is 3.88. The summed E-state index contributed by atoms with van der Waals surface area (Å²) in [5.74, 6) is -1.08. The van der Waals surface area contributed by atoms with Gasteiger partial charge in [0.15, 0.2) is 6.73 Å². The zero-order valence-electron chi connectivity index (χ0n) is 19.8. The maximum Gasteiger partial charge on any atom is 0.260 e. The van der Waals surface area contributed by atoms with Gasteiger partial charge in [-0.3, -0.25) is 14.4 Å². The topological polar surface area (TPSA) is 87.7 Å². The number of nitrogens with zero attached hydrogens (tertiary/aromatic N) is 1. The highest BCUT2D eigenvalue weighted by Crippen LogP contribution is 2.29. The Morgan fingerprint density at radius 2 is 1.89 bits per heavy atom. The number of benzene rings is 3. The summed E-state index contributed by atoms with van der Waals surface area (Å²) in [4.78, 5) is 39.3. The van der Waals surface area contributed by atoms with Gasteiger partial charge in [0.25, 0.3) is 11.8 Å². The number of carbonyl (C=O) groups excluding carboxylic acids is 3. The first-order valence-corrected chi connectivity index (χ1v) is 11.8. The normalized spacial score (nSPS) is 12.7. The van der Waals surface area contributed by atoms with Crippen LogP contribution >= 0.6 is 11.6 Å². The van der Waals surface area contributed by atoms with Gasteiger partial charge >= 0.3 is 0 Å². The zero-order chi connectivity index (χ0) is 25.8. The first kappa shape index (κ1) is 25.2. The Hall–Kier alpha value is -3.91. The lowest BCUT2D eigenvalue weighted by molar-refractivity contribution is -0.124. The Kier molecular flexibility index (Phi) is 7.55. The molecule has 0 saturated carbocycles. The molecule has 0 spiro atoms. The van der Waals surface area contributed by atoms with Gasteiger partial charge in [0.1, 0.15) is 11.6 Å². The van der Waals surface area contributed by atoms with Crippen molar-refractivity contribution in [2.45, 2.75) is 26.9 Å². The maximum atomic E-state index is 14.1. The second-order valence-corrected chi connectivity index (χ2v) is 9.13. The van der Waals surface area contributed by atoms with Crippen molar-refractivity contribution in [3.63, 3.8) is 0 Å². The minimum absolute atomic E-state index is 0.0123. The van der Waals surface area contributed by atoms with Crippen LogP contribution in [0.2, 0.25) is 5.02 Å². The van der Waals surface area contributed by atoms with E-state index in [1.807, 2.05) is 0 Å². The quantitative estimate of drug-likeness (QED) is 0.469. The number of rotatable bonds is 7. The lowest BCUT2D eigenvalue weighted by Gasteiger charge is -2.29. The molecule has 0 aromatic heterocycles. The van der Waals surface area contributed by atoms with E-state index < -0.39 is 11.7 Å². The second-order valence-electron chi connectivity index (χ2n) is 8.72. The van der Waals surface area contributed by atoms with Crippen LogP contribution in [-0.2, 0) is 17.9 Å². The maximum absolute atomic E-state index is 14.1. The first-order chi connectivity index (χ1) is 17.2. The van der Waals surface area contributed by atoms with Gasteiger partial charge in [-0.15, -0.1) is 0 Å². The van der Waals surface area contributed by atoms with E-state index in [0.29, 0.717) is 17.0 Å². The van der Waals surface area contributed by atoms with Gasteiger partial charge in [0.2, 0.25) is 5.91 Å². The van der Waals surface area contributed by atoms with Crippen molar-refractivity contribution < 1.29 is 23.5 Å². The van der Waals surface area contributed by atoms with Gasteiger partial charge in [0.05, 0.1) is 22.7 Å². The molecule has 2 N–H and O–H groups in total. The number of hydrogen-bond acceptors (Lipinski definition) is 4. The summed E-state index contributed by atoms with van der Waals surface area (Å²) in [6, 6.07) is 15.9. The van der Waals surface area contributed by atoms with Crippen LogP contribution in [0.5, 0.6) is 5.75 Å². The average Bonchev–Trinajstić information content (AvgIpc) is 2.86. The predicted molar refractivity (Wildman–Crippen MR) is 134 cm³/mol. The minimum atomic E-state index is -0.468. The summed E-state index contributed by atoms with van der Waals surface area (Å²) in [6.07, 6.45) is 0. The van der Waals surface area contributed by atoms with Crippen LogP contribution in [0.4, 0.5) is 10.1 Å². The summed E-state index contributed by atoms with van der Waals surface area (Å²) in [5.41, 5.74) is 1.96. The molecule has 9 heteroatoms. The number of carbonyl (C=O) groups is 3. The summed E-state index contributed by atoms with van der Waals surface area (Å²) in [7, 11) is 0. The highest BCUT2D eigenvalue weighted by molar-refractivity contribution is 6.34. The Labute approximate surface area is 213 Å². The number of anilines is 1. The van der Waals surface area contributed by atoms with Gasteiger partial charge in [-0.2, -0.15) is 0 Å². The number of ether oxygens (including phenoxy) is 1. The van der Waals surface area contributed by atoms with Crippen molar-refractivity contribution in [1.82, 2.24) is 10.2 Å². The first-order valence-electron chi connectivity index (χ1n) is 11.4. The molecule has 186 valence electrons. The molecule has 0 aliphatic carbocycles. The number of nitrogens with one attached hydrogen (secondary N) is 2. The summed E-state index contributed by atoms with van der Waals surface area (Å²) in [5, 5.41) is 5.81. The SMILES string of the molecule is CC(C)C(=O)NCc1ccc(Cl)c(C(=O)Nc2ccc3c(c2)C(=O)N(Cc2ccccc2F)CO3)c1. The fourth-order valence-electron chi connectivity index (χ4n) is 3.67. The summed E-state index contributed by atoms with van der Waals surface area (Å²) >= 11 is 6.26. The molecule has 36 heavy (non-hydrogen) atoms. The van der Waals surface area contributed by atoms with Crippen LogP contribution in [0.1, 0.15) is 45.7 Å². The molecule has 0 saturated heterocycles. The molecule has 0 fully saturated rings. The van der Waals surface area contributed by atoms with Gasteiger partial charge in [0, 0.05) is 23.7 Å². The third-order valence-electron chi connectivity index (χ3n) is 5.72. The molecule has 0 atom stereocenters. The number of fused-ring (bicyclic) bond motifs is 1. The number of amides is 3. The van der Waals surface area contributed by atoms with Crippen LogP contribution in [-0.4, -0.2) is 29.4 Å². The highest BCUT2D eigenvalue weighted by Gasteiger charge is 2.27. The molecule has 0 unspecified atom stereocenters. The lowest BCUT2D eigenvalue weighted by Crippen LogP contribution is -2.38. The molecule has 1 aliphatic heterocycles. The number of halogens is 2. The van der Waals surface area contributed by atoms with Crippen LogP contribution in [0.15, 0.2) is 60.7 Å². The molecule has 4 rings (SSSR count). The Morgan fingerprint density at radius 1 is 1.11 bits per heavy atom. The fraction of sp³-hybridized carbons (Fsp3) is 0.222. The van der Waals surface area contributed by atoms with E-state index in [4.69, 9.17) is 16.3 Å². The molecule has 3 aromatic carbocycles. The van der Waals surface area contributed by atoms with E-state index in [9.17, 15) is 18.8 Å². The van der Waals surface area contributed by atoms with Gasteiger partial charge in [-0.05, 0) is 42.0 Å². The summed E-state index contributed by atoms with van der Waals surface area (Å²) < 4.78 is 19.7. The van der Waals surface area contributed by atoms with Crippen molar-refractivity contribution in [3.05, 3.63) is 93.8 Å². The van der Waals surface area contributed by atoms with E-state index in [1.54, 1.807) is 62.4 Å². The van der Waals surface area contributed by atoms with E-state index in [0.717, 1.165) is 5.56 Å². The Bertz CT molecular complexity index is 1330. The van der Waals surface area contributed by atoms with Crippen molar-refractivity contribution in [3.8, 4) is 5.75 Å². The smallest absolute Gasteiger partial charge is 0.260 e. The molecular weight excluding hydrogens is 485 g/mol. The van der Waals surface area contributed by atoms with Crippen LogP contribution < -0.4 is 15.4 Å². The van der Waals surface area contributed by atoms with Crippen molar-refractivity contribution in [2.75, 3.05) is 12.0 Å². The lowest BCUT2D eigenvalue weighted by atomic mass is 10.1. The van der Waals surface area contributed by atoms with Crippen LogP contribution in [0.25, 0.3) is 0 Å². The average molecular weight is 510 g/mol. The van der Waals surface area contributed by atoms with Crippen LogP contribution in [0.3, 0.4) is 0 Å². The zero-order valence-corrected chi connectivity index (χ0v) is 20.6. The van der Waals surface area contributed by atoms with Crippen molar-refractivity contribution in [1.29, 1.82) is 0 Å². The van der Waals surface area contributed by atoms with Gasteiger partial charge in [-0.1, -0.05) is 49.7 Å². The molecular formula is C27H25ClFN3O4. The highest BCUT2D eigenvalue weighted by atomic mass is 35.5. The van der Waals surface area contributed by atoms with E-state index in [2.05, 4.69) is 10.6 Å². The van der Waals surface area contributed by atoms with Crippen molar-refractivity contribution in [2.24, 2.45) is 5.92 Å². The van der Waals surface area contributed by atoms with E-state index >= 15 is 0 Å². The van der Waals surface area contributed by atoms with E-state index in [1.165, 1.54) is 17.0 Å². The second kappa shape index (κ2) is 10.8. The Balaban J connectivity index is 1.49. The predicted octanol–water partition coefficient (Wildman–Crippen LogP) is 5.00. The van der Waals surface area contributed by atoms with Crippen LogP contribution in [0, 0.1) is 11.7 Å². The molecule has 7 nitrogen and oxygen atoms in total. The molecule has 0 bridgehead atoms. The summed E-state index contributed by atoms with van der Waals surface area (Å²) in [6.45, 7) is 3.89. The Morgan fingerprint density at radius 3 is 2.64 bits per heavy atom. The molecule has 3 aromatic rings. The standard InChI is InChI=1S/C27H25ClFN3O4/c1-16(2)25(33)30-13-17-7-9-22(28)20(11-17)26(34)31-19-8-10-24-21(12-19)27(35)32(15-36-24)14-18-5-3-4-6-23(18)29/h3-12,16H,13-15H2,1-2H3,(H,30,33)(H,31,34). The third-order valence-corrected chi connectivity index (χ3v) is 6.05. The number of hydrogen-bond donors (Lipinski definition) is 2. The largest absolute Gasteiger partial charge is 0.472 e. The third kappa shape index (κ3) is 5.66. The molecule has 3 amide bonds. The van der Waals surface area contributed by atoms with Gasteiger partial charge in [-0.25, -0.2) is 4.39 Å². The molecule has 1 heterocycles. The molecule has 1 aliphatic rings.